The second-order valence-electron chi connectivity index (χ2n) is 7.25. The van der Waals surface area contributed by atoms with Gasteiger partial charge in [0, 0.05) is 30.2 Å². The van der Waals surface area contributed by atoms with Gasteiger partial charge in [-0.1, -0.05) is 18.2 Å². The molecule has 0 saturated carbocycles. The van der Waals surface area contributed by atoms with Crippen LogP contribution in [0.15, 0.2) is 102 Å². The molecule has 0 aliphatic heterocycles. The summed E-state index contributed by atoms with van der Waals surface area (Å²) in [7, 11) is 0. The zero-order valence-electron chi connectivity index (χ0n) is 16.8. The summed E-state index contributed by atoms with van der Waals surface area (Å²) in [5.41, 5.74) is 4.49. The Morgan fingerprint density at radius 2 is 1.81 bits per heavy atom. The van der Waals surface area contributed by atoms with E-state index in [0.29, 0.717) is 18.7 Å². The molecule has 152 valence electrons. The van der Waals surface area contributed by atoms with E-state index in [9.17, 15) is 4.79 Å². The lowest BCUT2D eigenvalue weighted by molar-refractivity contribution is 0.0717. The standard InChI is InChI=1S/C25H20N4O2/c30-25(28(17-22-6-4-14-31-22)16-19-5-3-13-26-15-19)20-9-11-21(12-10-20)29-18-27-23-7-1-2-8-24(23)29/h1-15,18H,16-17H2. The van der Waals surface area contributed by atoms with E-state index in [0.717, 1.165) is 28.0 Å². The van der Waals surface area contributed by atoms with Crippen LogP contribution in [0.4, 0.5) is 0 Å². The van der Waals surface area contributed by atoms with Crippen molar-refractivity contribution in [3.05, 3.63) is 115 Å². The van der Waals surface area contributed by atoms with Crippen LogP contribution in [0.5, 0.6) is 0 Å². The number of pyridine rings is 1. The number of nitrogens with zero attached hydrogens (tertiary/aromatic N) is 4. The van der Waals surface area contributed by atoms with E-state index in [1.165, 1.54) is 0 Å². The third-order valence-electron chi connectivity index (χ3n) is 5.16. The molecule has 5 rings (SSSR count). The van der Waals surface area contributed by atoms with Crippen LogP contribution in [0.3, 0.4) is 0 Å². The molecule has 0 fully saturated rings. The molecule has 0 aliphatic carbocycles. The van der Waals surface area contributed by atoms with Gasteiger partial charge in [-0.05, 0) is 60.2 Å². The fourth-order valence-electron chi connectivity index (χ4n) is 3.61. The molecular formula is C25H20N4O2. The van der Waals surface area contributed by atoms with E-state index in [1.54, 1.807) is 29.9 Å². The minimum atomic E-state index is -0.0673. The number of fused-ring (bicyclic) bond motifs is 1. The molecule has 2 aromatic carbocycles. The van der Waals surface area contributed by atoms with Crippen LogP contribution < -0.4 is 0 Å². The Morgan fingerprint density at radius 1 is 0.935 bits per heavy atom. The van der Waals surface area contributed by atoms with Gasteiger partial charge in [0.25, 0.3) is 5.91 Å². The second-order valence-corrected chi connectivity index (χ2v) is 7.25. The number of carbonyl (C=O) groups is 1. The summed E-state index contributed by atoms with van der Waals surface area (Å²) in [5.74, 6) is 0.668. The number of imidazole rings is 1. The van der Waals surface area contributed by atoms with Gasteiger partial charge in [-0.25, -0.2) is 4.98 Å². The Hall–Kier alpha value is -4.19. The molecule has 1 amide bonds. The first-order chi connectivity index (χ1) is 15.3. The molecule has 0 N–H and O–H groups in total. The highest BCUT2D eigenvalue weighted by Gasteiger charge is 2.18. The van der Waals surface area contributed by atoms with E-state index in [2.05, 4.69) is 9.97 Å². The molecule has 0 radical (unpaired) electrons. The Labute approximate surface area is 179 Å². The largest absolute Gasteiger partial charge is 0.467 e. The van der Waals surface area contributed by atoms with Gasteiger partial charge in [0.05, 0.1) is 23.8 Å². The van der Waals surface area contributed by atoms with Crippen molar-refractivity contribution in [3.63, 3.8) is 0 Å². The highest BCUT2D eigenvalue weighted by molar-refractivity contribution is 5.94. The van der Waals surface area contributed by atoms with Crippen LogP contribution in [0.1, 0.15) is 21.7 Å². The van der Waals surface area contributed by atoms with Gasteiger partial charge < -0.3 is 9.32 Å². The number of amides is 1. The Kier molecular flexibility index (Phi) is 5.02. The molecular weight excluding hydrogens is 388 g/mol. The minimum absolute atomic E-state index is 0.0673. The summed E-state index contributed by atoms with van der Waals surface area (Å²) in [5, 5.41) is 0. The summed E-state index contributed by atoms with van der Waals surface area (Å²) < 4.78 is 7.49. The number of furan rings is 1. The van der Waals surface area contributed by atoms with E-state index in [-0.39, 0.29) is 5.91 Å². The molecule has 0 aliphatic rings. The lowest BCUT2D eigenvalue weighted by Crippen LogP contribution is -2.30. The predicted molar refractivity (Wildman–Crippen MR) is 118 cm³/mol. The van der Waals surface area contributed by atoms with Gasteiger partial charge in [0.1, 0.15) is 12.1 Å². The van der Waals surface area contributed by atoms with Gasteiger partial charge in [0.15, 0.2) is 0 Å². The number of aromatic nitrogens is 3. The van der Waals surface area contributed by atoms with Crippen molar-refractivity contribution in [2.24, 2.45) is 0 Å². The molecule has 0 saturated heterocycles. The van der Waals surface area contributed by atoms with Crippen molar-refractivity contribution in [1.29, 1.82) is 0 Å². The average Bonchev–Trinajstić information content (AvgIpc) is 3.49. The van der Waals surface area contributed by atoms with Gasteiger partial charge in [-0.15, -0.1) is 0 Å². The summed E-state index contributed by atoms with van der Waals surface area (Å²) >= 11 is 0. The molecule has 0 bridgehead atoms. The Morgan fingerprint density at radius 3 is 2.58 bits per heavy atom. The number of hydrogen-bond donors (Lipinski definition) is 0. The van der Waals surface area contributed by atoms with Crippen LogP contribution in [-0.2, 0) is 13.1 Å². The summed E-state index contributed by atoms with van der Waals surface area (Å²) in [6.07, 6.45) is 6.91. The molecule has 6 heteroatoms. The first-order valence-electron chi connectivity index (χ1n) is 10.0. The average molecular weight is 408 g/mol. The van der Waals surface area contributed by atoms with Gasteiger partial charge in [0.2, 0.25) is 0 Å². The third-order valence-corrected chi connectivity index (χ3v) is 5.16. The lowest BCUT2D eigenvalue weighted by Gasteiger charge is -2.22. The summed E-state index contributed by atoms with van der Waals surface area (Å²) in [4.78, 5) is 23.7. The zero-order chi connectivity index (χ0) is 21.0. The van der Waals surface area contributed by atoms with E-state index in [1.807, 2.05) is 77.4 Å². The van der Waals surface area contributed by atoms with E-state index >= 15 is 0 Å². The molecule has 31 heavy (non-hydrogen) atoms. The predicted octanol–water partition coefficient (Wildman–Crippen LogP) is 4.86. The lowest BCUT2D eigenvalue weighted by atomic mass is 10.1. The highest BCUT2D eigenvalue weighted by Crippen LogP contribution is 2.20. The zero-order valence-corrected chi connectivity index (χ0v) is 16.8. The smallest absolute Gasteiger partial charge is 0.254 e. The highest BCUT2D eigenvalue weighted by atomic mass is 16.3. The maximum atomic E-state index is 13.3. The van der Waals surface area contributed by atoms with Crippen LogP contribution in [0.25, 0.3) is 16.7 Å². The fraction of sp³-hybridized carbons (Fsp3) is 0.0800. The first kappa shape index (κ1) is 18.8. The van der Waals surface area contributed by atoms with Crippen LogP contribution in [-0.4, -0.2) is 25.3 Å². The number of para-hydroxylation sites is 2. The molecule has 6 nitrogen and oxygen atoms in total. The monoisotopic (exact) mass is 408 g/mol. The van der Waals surface area contributed by atoms with E-state index < -0.39 is 0 Å². The first-order valence-corrected chi connectivity index (χ1v) is 10.0. The van der Waals surface area contributed by atoms with Crippen molar-refractivity contribution < 1.29 is 9.21 Å². The van der Waals surface area contributed by atoms with Gasteiger partial charge in [-0.2, -0.15) is 0 Å². The maximum absolute atomic E-state index is 13.3. The maximum Gasteiger partial charge on any atom is 0.254 e. The van der Waals surface area contributed by atoms with Crippen molar-refractivity contribution in [1.82, 2.24) is 19.4 Å². The van der Waals surface area contributed by atoms with Crippen LogP contribution in [0.2, 0.25) is 0 Å². The summed E-state index contributed by atoms with van der Waals surface area (Å²) in [6, 6.07) is 23.1. The van der Waals surface area contributed by atoms with Crippen molar-refractivity contribution in [2.45, 2.75) is 13.1 Å². The van der Waals surface area contributed by atoms with Crippen molar-refractivity contribution in [3.8, 4) is 5.69 Å². The number of carbonyl (C=O) groups excluding carboxylic acids is 1. The second kappa shape index (κ2) is 8.28. The topological polar surface area (TPSA) is 64.2 Å². The number of hydrogen-bond acceptors (Lipinski definition) is 4. The molecule has 3 aromatic heterocycles. The van der Waals surface area contributed by atoms with Crippen LogP contribution >= 0.6 is 0 Å². The number of rotatable bonds is 6. The molecule has 0 atom stereocenters. The Balaban J connectivity index is 1.42. The Bertz CT molecular complexity index is 1290. The summed E-state index contributed by atoms with van der Waals surface area (Å²) in [6.45, 7) is 0.829. The fourth-order valence-corrected chi connectivity index (χ4v) is 3.61. The minimum Gasteiger partial charge on any atom is -0.467 e. The molecule has 3 heterocycles. The molecule has 0 spiro atoms. The van der Waals surface area contributed by atoms with Crippen molar-refractivity contribution >= 4 is 16.9 Å². The number of benzene rings is 2. The quantitative estimate of drug-likeness (QED) is 0.403. The molecule has 0 unspecified atom stereocenters. The van der Waals surface area contributed by atoms with Gasteiger partial charge in [-0.3, -0.25) is 14.3 Å². The third kappa shape index (κ3) is 3.96. The van der Waals surface area contributed by atoms with E-state index in [4.69, 9.17) is 4.42 Å². The van der Waals surface area contributed by atoms with Gasteiger partial charge >= 0.3 is 0 Å². The SMILES string of the molecule is O=C(c1ccc(-n2cnc3ccccc32)cc1)N(Cc1cccnc1)Cc1ccco1. The van der Waals surface area contributed by atoms with Crippen LogP contribution in [0, 0.1) is 0 Å². The normalized spacial score (nSPS) is 11.0. The molecule has 5 aromatic rings. The van der Waals surface area contributed by atoms with Crippen molar-refractivity contribution in [2.75, 3.05) is 0 Å².